The zero-order chi connectivity index (χ0) is 86.0. The molecule has 8 aromatic carbocycles. The largest absolute Gasteiger partial charge is 0.401 e. The van der Waals surface area contributed by atoms with Crippen LogP contribution in [0.2, 0.25) is 15.5 Å². The van der Waals surface area contributed by atoms with E-state index in [1.165, 1.54) is 24.3 Å². The molecular weight excluding hydrogens is 1720 g/mol. The van der Waals surface area contributed by atoms with Crippen molar-refractivity contribution < 1.29 is 17.6 Å². The average molecular weight is 1820 g/mol. The number of nitrogens with two attached hydrogens (primary N) is 5. The highest BCUT2D eigenvalue weighted by Crippen LogP contribution is 2.36. The summed E-state index contributed by atoms with van der Waals surface area (Å²) >= 11 is 20.4. The lowest BCUT2D eigenvalue weighted by Gasteiger charge is -2.13. The minimum atomic E-state index is -0.307. The first-order chi connectivity index (χ1) is 58.2. The van der Waals surface area contributed by atoms with Crippen LogP contribution in [0.25, 0.3) is 11.3 Å². The van der Waals surface area contributed by atoms with Gasteiger partial charge >= 0.3 is 0 Å². The average Bonchev–Trinajstić information content (AvgIpc) is 1.61. The lowest BCUT2D eigenvalue weighted by molar-refractivity contribution is 0.346. The number of rotatable bonds is 19. The van der Waals surface area contributed by atoms with Crippen molar-refractivity contribution in [3.63, 3.8) is 0 Å². The Balaban J connectivity index is 0.000000154. The fourth-order valence-electron chi connectivity index (χ4n) is 14.2. The number of benzene rings is 8. The summed E-state index contributed by atoms with van der Waals surface area (Å²) in [6.45, 7) is 13.0. The number of nitrogens with zero attached hydrogens (tertiary/aromatic N) is 12. The van der Waals surface area contributed by atoms with E-state index in [2.05, 4.69) is 80.9 Å². The van der Waals surface area contributed by atoms with E-state index in [1.54, 1.807) is 48.5 Å². The quantitative estimate of drug-likeness (QED) is 0.0131. The molecular formula is C95H99Cl3F4IN19. The van der Waals surface area contributed by atoms with Gasteiger partial charge in [0, 0.05) is 152 Å². The maximum Gasteiger partial charge on any atom is 0.152 e. The Kier molecular flexibility index (Phi) is 32.0. The molecule has 0 saturated heterocycles. The maximum absolute atomic E-state index is 14.6. The van der Waals surface area contributed by atoms with Crippen molar-refractivity contribution in [1.29, 1.82) is 0 Å². The van der Waals surface area contributed by atoms with Gasteiger partial charge in [0.05, 0.1) is 71.8 Å². The van der Waals surface area contributed by atoms with E-state index in [0.29, 0.717) is 126 Å². The summed E-state index contributed by atoms with van der Waals surface area (Å²) in [6, 6.07) is 69.8. The van der Waals surface area contributed by atoms with Gasteiger partial charge in [-0.1, -0.05) is 139 Å². The minimum Gasteiger partial charge on any atom is -0.401 e. The first-order valence-corrected chi connectivity index (χ1v) is 41.2. The first kappa shape index (κ1) is 91.2. The second-order valence-corrected chi connectivity index (χ2v) is 32.3. The highest BCUT2D eigenvalue weighted by Gasteiger charge is 2.30. The number of nitrogen functional groups attached to an aromatic ring is 2. The van der Waals surface area contributed by atoms with Gasteiger partial charge in [-0.2, -0.15) is 5.10 Å². The third-order valence-corrected chi connectivity index (χ3v) is 21.5. The second kappa shape index (κ2) is 42.8. The number of hydrogen-bond acceptors (Lipinski definition) is 18. The predicted molar refractivity (Wildman–Crippen MR) is 501 cm³/mol. The molecule has 19 nitrogen and oxygen atoms in total. The van der Waals surface area contributed by atoms with Gasteiger partial charge in [-0.3, -0.25) is 39.3 Å². The number of nitrogens with one attached hydrogen (secondary N) is 2. The number of anilines is 6. The van der Waals surface area contributed by atoms with Crippen LogP contribution in [-0.4, -0.2) is 129 Å². The van der Waals surface area contributed by atoms with Gasteiger partial charge in [0.1, 0.15) is 23.3 Å². The van der Waals surface area contributed by atoms with E-state index in [1.807, 2.05) is 198 Å². The van der Waals surface area contributed by atoms with E-state index in [-0.39, 0.29) is 30.7 Å². The van der Waals surface area contributed by atoms with Gasteiger partial charge in [0.25, 0.3) is 0 Å². The van der Waals surface area contributed by atoms with Crippen molar-refractivity contribution in [2.24, 2.45) is 32.2 Å². The Morgan fingerprint density at radius 3 is 1.19 bits per heavy atom. The molecule has 8 heterocycles. The van der Waals surface area contributed by atoms with E-state index >= 15 is 0 Å². The van der Waals surface area contributed by atoms with Crippen LogP contribution in [0.1, 0.15) is 74.7 Å². The number of aryl methyl sites for hydroxylation is 3. The molecule has 4 aliphatic rings. The summed E-state index contributed by atoms with van der Waals surface area (Å²) in [5.41, 5.74) is 53.0. The van der Waals surface area contributed by atoms with Gasteiger partial charge in [0.15, 0.2) is 15.5 Å². The molecule has 12 N–H and O–H groups in total. The van der Waals surface area contributed by atoms with E-state index in [0.717, 1.165) is 135 Å². The Morgan fingerprint density at radius 1 is 0.410 bits per heavy atom. The van der Waals surface area contributed by atoms with Gasteiger partial charge in [-0.15, -0.1) is 0 Å². The fourth-order valence-corrected chi connectivity index (χ4v) is 15.5. The highest BCUT2D eigenvalue weighted by molar-refractivity contribution is 14.1. The molecule has 0 spiro atoms. The molecule has 27 heteroatoms. The van der Waals surface area contributed by atoms with Crippen molar-refractivity contribution in [2.45, 2.75) is 67.5 Å². The fraction of sp³-hybridized carbons (Fsp3) is 0.211. The molecule has 0 atom stereocenters. The SMILES string of the molecule is C.CN1CC(N)=C(C(=NCc2cccc(I)c2)c2ccccc2F)C1.CN1Cc2nn(Cc3cccc(N)c3)c(-c3ccccc3F)c2C1.Cc1ccc(N)c(Cl)n1.Cc1ccc(Nc2cccc(CN=C(C3=C(N)CN(C)C3)c3ccccc3F)c2)c(Cl)n1.Cc1ccc(Nc2cccc(CN=C(C3=C(N)CN(C)C3)c3ccccc3F)c2)c(Cl)n1. The number of aromatic nitrogens is 5. The Bertz CT molecular complexity index is 5740. The molecule has 630 valence electrons. The molecule has 0 unspecified atom stereocenters. The Morgan fingerprint density at radius 2 is 0.795 bits per heavy atom. The summed E-state index contributed by atoms with van der Waals surface area (Å²) in [5.74, 6) is -1.10. The van der Waals surface area contributed by atoms with Crippen LogP contribution in [0.3, 0.4) is 0 Å². The summed E-state index contributed by atoms with van der Waals surface area (Å²) < 4.78 is 61.1. The molecule has 4 aliphatic heterocycles. The van der Waals surface area contributed by atoms with Crippen LogP contribution < -0.4 is 39.3 Å². The molecule has 0 radical (unpaired) electrons. The third kappa shape index (κ3) is 24.4. The number of hydrogen-bond donors (Lipinski definition) is 7. The smallest absolute Gasteiger partial charge is 0.152 e. The lowest BCUT2D eigenvalue weighted by Crippen LogP contribution is -2.18. The van der Waals surface area contributed by atoms with Crippen molar-refractivity contribution in [1.82, 2.24) is 44.3 Å². The summed E-state index contributed by atoms with van der Waals surface area (Å²) in [5, 5.41) is 12.6. The van der Waals surface area contributed by atoms with E-state index in [4.69, 9.17) is 83.5 Å². The van der Waals surface area contributed by atoms with Crippen LogP contribution in [0.15, 0.2) is 279 Å². The van der Waals surface area contributed by atoms with Crippen LogP contribution in [-0.2, 0) is 39.3 Å². The Hall–Kier alpha value is -11.6. The number of aliphatic imine (C=N–C) groups is 3. The molecule has 0 aliphatic carbocycles. The Labute approximate surface area is 739 Å². The number of halogens is 8. The standard InChI is InChI=1S/2C25H25ClFN5.C19H19FIN3.C19H19FN4.C6H7ClN2.CH4/c2*1-16-10-11-23(25(26)30-16)31-18-7-5-6-17(12-18)13-29-24(19-8-3-4-9-21(19)27)20-14-32(2)15-22(20)28;1-24-11-16(18(22)12-24)19(15-7-2-3-8-17(15)20)23-10-13-5-4-6-14(21)9-13;1-23-11-16-18(12-23)22-24(10-13-5-4-6-14(21)9-13)19(16)15-7-2-3-8-17(15)20;1-4-2-3-5(8)6(7)9-4;/h2*3-12,31H,13-15,28H2,1-2H3;2-9H,10-12,22H2,1H3;2-9H,10-12,21H2,1H3;2-3H,8H2,1H3;1H4. The zero-order valence-corrected chi connectivity index (χ0v) is 72.6. The zero-order valence-electron chi connectivity index (χ0n) is 68.2. The van der Waals surface area contributed by atoms with Crippen molar-refractivity contribution in [2.75, 3.05) is 89.6 Å². The summed E-state index contributed by atoms with van der Waals surface area (Å²) in [7, 11) is 8.02. The second-order valence-electron chi connectivity index (χ2n) is 30.0. The lowest BCUT2D eigenvalue weighted by atomic mass is 10.0. The number of fused-ring (bicyclic) bond motifs is 1. The van der Waals surface area contributed by atoms with Crippen LogP contribution in [0.5, 0.6) is 0 Å². The van der Waals surface area contributed by atoms with Gasteiger partial charge in [0.2, 0.25) is 0 Å². The van der Waals surface area contributed by atoms with Crippen molar-refractivity contribution in [3.05, 3.63) is 374 Å². The number of likely N-dealkylation sites (N-methyl/N-ethyl adjacent to an activating group) is 3. The minimum absolute atomic E-state index is 0. The predicted octanol–water partition coefficient (Wildman–Crippen LogP) is 19.3. The summed E-state index contributed by atoms with van der Waals surface area (Å²) in [6.07, 6.45) is 0. The van der Waals surface area contributed by atoms with E-state index in [9.17, 15) is 17.6 Å². The van der Waals surface area contributed by atoms with Crippen LogP contribution in [0, 0.1) is 47.6 Å². The molecule has 0 saturated carbocycles. The monoisotopic (exact) mass is 1810 g/mol. The highest BCUT2D eigenvalue weighted by atomic mass is 127. The third-order valence-electron chi connectivity index (χ3n) is 20.0. The molecule has 0 bridgehead atoms. The maximum atomic E-state index is 14.6. The first-order valence-electron chi connectivity index (χ1n) is 39.0. The van der Waals surface area contributed by atoms with Gasteiger partial charge in [-0.25, -0.2) is 32.5 Å². The molecule has 122 heavy (non-hydrogen) atoms. The van der Waals surface area contributed by atoms with Crippen molar-refractivity contribution in [3.8, 4) is 11.3 Å². The molecule has 16 rings (SSSR count). The molecule has 12 aromatic rings. The molecule has 0 amide bonds. The number of pyridine rings is 3. The molecule has 4 aromatic heterocycles. The molecule has 0 fully saturated rings. The van der Waals surface area contributed by atoms with Gasteiger partial charge < -0.3 is 39.3 Å². The normalized spacial score (nSPS) is 14.4. The topological polar surface area (TPSA) is 261 Å². The van der Waals surface area contributed by atoms with Gasteiger partial charge in [-0.05, 0) is 227 Å². The van der Waals surface area contributed by atoms with Crippen molar-refractivity contribution >= 4 is 109 Å². The van der Waals surface area contributed by atoms with Crippen LogP contribution in [0.4, 0.5) is 51.7 Å². The summed E-state index contributed by atoms with van der Waals surface area (Å²) in [4.78, 5) is 35.3. The van der Waals surface area contributed by atoms with Crippen LogP contribution >= 0.6 is 57.4 Å². The van der Waals surface area contributed by atoms with E-state index < -0.39 is 0 Å².